The number of hydrogen-bond acceptors (Lipinski definition) is 2. The Labute approximate surface area is 123 Å². The van der Waals surface area contributed by atoms with Crippen LogP contribution in [0.5, 0.6) is 0 Å². The van der Waals surface area contributed by atoms with E-state index in [-0.39, 0.29) is 11.7 Å². The molecule has 0 aliphatic carbocycles. The number of anilines is 1. The van der Waals surface area contributed by atoms with Gasteiger partial charge in [-0.1, -0.05) is 12.1 Å². The van der Waals surface area contributed by atoms with Crippen LogP contribution in [0.3, 0.4) is 0 Å². The Balaban J connectivity index is 2.08. The van der Waals surface area contributed by atoms with Crippen molar-refractivity contribution in [3.63, 3.8) is 0 Å². The van der Waals surface area contributed by atoms with E-state index >= 15 is 0 Å². The molecule has 2 amide bonds. The minimum Gasteiger partial charge on any atom is -0.481 e. The number of hydrogen-bond donors (Lipinski definition) is 1. The molecular weight excluding hydrogens is 275 g/mol. The van der Waals surface area contributed by atoms with Crippen molar-refractivity contribution < 1.29 is 19.1 Å². The van der Waals surface area contributed by atoms with Crippen molar-refractivity contribution in [2.45, 2.75) is 19.8 Å². The number of rotatable bonds is 3. The van der Waals surface area contributed by atoms with Crippen molar-refractivity contribution >= 4 is 17.7 Å². The van der Waals surface area contributed by atoms with Gasteiger partial charge in [0.1, 0.15) is 5.82 Å². The molecule has 0 unspecified atom stereocenters. The second-order valence-electron chi connectivity index (χ2n) is 5.08. The van der Waals surface area contributed by atoms with Gasteiger partial charge in [-0.2, -0.15) is 0 Å². The second-order valence-corrected chi connectivity index (χ2v) is 5.08. The van der Waals surface area contributed by atoms with Crippen molar-refractivity contribution in [1.82, 2.24) is 4.90 Å². The minimum atomic E-state index is -0.816. The number of likely N-dealkylation sites (tertiary alicyclic amines) is 1. The molecule has 1 aromatic rings. The number of para-hydroxylation sites is 1. The highest BCUT2D eigenvalue weighted by molar-refractivity contribution is 5.92. The molecule has 0 bridgehead atoms. The van der Waals surface area contributed by atoms with Gasteiger partial charge in [0.25, 0.3) is 0 Å². The zero-order chi connectivity index (χ0) is 15.4. The minimum absolute atomic E-state index is 0.255. The highest BCUT2D eigenvalue weighted by Crippen LogP contribution is 2.23. The van der Waals surface area contributed by atoms with Crippen molar-refractivity contribution in [2.24, 2.45) is 5.92 Å². The topological polar surface area (TPSA) is 60.9 Å². The summed E-state index contributed by atoms with van der Waals surface area (Å²) < 4.78 is 13.8. The Morgan fingerprint density at radius 3 is 2.48 bits per heavy atom. The monoisotopic (exact) mass is 294 g/mol. The van der Waals surface area contributed by atoms with Crippen LogP contribution in [0.4, 0.5) is 14.9 Å². The predicted octanol–water partition coefficient (Wildman–Crippen LogP) is 2.57. The van der Waals surface area contributed by atoms with E-state index in [1.807, 2.05) is 0 Å². The molecule has 2 rings (SSSR count). The molecule has 1 heterocycles. The predicted molar refractivity (Wildman–Crippen MR) is 76.7 cm³/mol. The highest BCUT2D eigenvalue weighted by Gasteiger charge is 2.30. The first-order valence-corrected chi connectivity index (χ1v) is 7.08. The Morgan fingerprint density at radius 1 is 1.33 bits per heavy atom. The summed E-state index contributed by atoms with van der Waals surface area (Å²) in [5.41, 5.74) is 0.255. The van der Waals surface area contributed by atoms with Crippen LogP contribution in [0.2, 0.25) is 0 Å². The number of carboxylic acids is 1. The first kappa shape index (κ1) is 15.3. The van der Waals surface area contributed by atoms with Crippen molar-refractivity contribution in [3.05, 3.63) is 30.1 Å². The SMILES string of the molecule is CCN(C(=O)N1CCC(C(=O)O)CC1)c1ccccc1F. The van der Waals surface area contributed by atoms with Crippen LogP contribution in [0.25, 0.3) is 0 Å². The van der Waals surface area contributed by atoms with Crippen LogP contribution < -0.4 is 4.90 Å². The molecule has 1 aliphatic heterocycles. The van der Waals surface area contributed by atoms with Crippen LogP contribution in [0.1, 0.15) is 19.8 Å². The van der Waals surface area contributed by atoms with Crippen molar-refractivity contribution in [1.29, 1.82) is 0 Å². The van der Waals surface area contributed by atoms with E-state index in [9.17, 15) is 14.0 Å². The van der Waals surface area contributed by atoms with Crippen LogP contribution in [0.15, 0.2) is 24.3 Å². The Morgan fingerprint density at radius 2 is 1.95 bits per heavy atom. The number of aliphatic carboxylic acids is 1. The molecular formula is C15H19FN2O3. The van der Waals surface area contributed by atoms with Gasteiger partial charge >= 0.3 is 12.0 Å². The number of carbonyl (C=O) groups excluding carboxylic acids is 1. The molecule has 114 valence electrons. The van der Waals surface area contributed by atoms with Gasteiger partial charge in [-0.15, -0.1) is 0 Å². The maximum Gasteiger partial charge on any atom is 0.324 e. The van der Waals surface area contributed by atoms with E-state index in [4.69, 9.17) is 5.11 Å². The number of carbonyl (C=O) groups is 2. The summed E-state index contributed by atoms with van der Waals surface area (Å²) in [6.07, 6.45) is 0.881. The van der Waals surface area contributed by atoms with Gasteiger partial charge in [-0.3, -0.25) is 9.69 Å². The maximum atomic E-state index is 13.8. The zero-order valence-corrected chi connectivity index (χ0v) is 12.0. The Kier molecular flexibility index (Phi) is 4.77. The van der Waals surface area contributed by atoms with E-state index < -0.39 is 17.7 Å². The van der Waals surface area contributed by atoms with Gasteiger partial charge in [0.2, 0.25) is 0 Å². The van der Waals surface area contributed by atoms with E-state index in [1.165, 1.54) is 11.0 Å². The fourth-order valence-corrected chi connectivity index (χ4v) is 2.57. The van der Waals surface area contributed by atoms with Crippen molar-refractivity contribution in [3.8, 4) is 0 Å². The fourth-order valence-electron chi connectivity index (χ4n) is 2.57. The van der Waals surface area contributed by atoms with Crippen LogP contribution >= 0.6 is 0 Å². The summed E-state index contributed by atoms with van der Waals surface area (Å²) in [4.78, 5) is 26.4. The molecule has 5 nitrogen and oxygen atoms in total. The quantitative estimate of drug-likeness (QED) is 0.932. The highest BCUT2D eigenvalue weighted by atomic mass is 19.1. The van der Waals surface area contributed by atoms with Crippen LogP contribution in [-0.4, -0.2) is 41.6 Å². The maximum absolute atomic E-state index is 13.8. The normalized spacial score (nSPS) is 15.8. The average Bonchev–Trinajstić information content (AvgIpc) is 2.50. The number of benzene rings is 1. The molecule has 0 atom stereocenters. The lowest BCUT2D eigenvalue weighted by atomic mass is 9.97. The summed E-state index contributed by atoms with van der Waals surface area (Å²) in [5.74, 6) is -1.64. The lowest BCUT2D eigenvalue weighted by molar-refractivity contribution is -0.143. The average molecular weight is 294 g/mol. The van der Waals surface area contributed by atoms with Gasteiger partial charge in [-0.25, -0.2) is 9.18 Å². The summed E-state index contributed by atoms with van der Waals surface area (Å²) in [7, 11) is 0. The number of urea groups is 1. The standard InChI is InChI=1S/C15H19FN2O3/c1-2-18(13-6-4-3-5-12(13)16)15(21)17-9-7-11(8-10-17)14(19)20/h3-6,11H,2,7-10H2,1H3,(H,19,20). The van der Waals surface area contributed by atoms with E-state index in [1.54, 1.807) is 30.0 Å². The van der Waals surface area contributed by atoms with E-state index in [0.29, 0.717) is 32.5 Å². The summed E-state index contributed by atoms with van der Waals surface area (Å²) in [6.45, 7) is 2.93. The molecule has 1 aliphatic rings. The number of nitrogens with zero attached hydrogens (tertiary/aromatic N) is 2. The molecule has 1 fully saturated rings. The largest absolute Gasteiger partial charge is 0.481 e. The molecule has 0 spiro atoms. The number of amides is 2. The lowest BCUT2D eigenvalue weighted by Gasteiger charge is -2.34. The summed E-state index contributed by atoms with van der Waals surface area (Å²) >= 11 is 0. The third-order valence-electron chi connectivity index (χ3n) is 3.81. The van der Waals surface area contributed by atoms with E-state index in [0.717, 1.165) is 0 Å². The second kappa shape index (κ2) is 6.56. The van der Waals surface area contributed by atoms with Crippen LogP contribution in [-0.2, 0) is 4.79 Å². The van der Waals surface area contributed by atoms with Crippen molar-refractivity contribution in [2.75, 3.05) is 24.5 Å². The molecule has 21 heavy (non-hydrogen) atoms. The third kappa shape index (κ3) is 3.32. The first-order chi connectivity index (χ1) is 10.0. The molecule has 1 aromatic carbocycles. The number of piperidine rings is 1. The van der Waals surface area contributed by atoms with Gasteiger partial charge in [0.05, 0.1) is 11.6 Å². The summed E-state index contributed by atoms with van der Waals surface area (Å²) in [6, 6.07) is 5.88. The van der Waals surface area contributed by atoms with Gasteiger partial charge in [0.15, 0.2) is 0 Å². The number of carboxylic acid groups (broad SMARTS) is 1. The number of halogens is 1. The van der Waals surface area contributed by atoms with E-state index in [2.05, 4.69) is 0 Å². The molecule has 0 aromatic heterocycles. The smallest absolute Gasteiger partial charge is 0.324 e. The molecule has 6 heteroatoms. The molecule has 1 N–H and O–H groups in total. The molecule has 0 radical (unpaired) electrons. The van der Waals surface area contributed by atoms with Gasteiger partial charge in [0, 0.05) is 19.6 Å². The molecule has 1 saturated heterocycles. The van der Waals surface area contributed by atoms with Gasteiger partial charge < -0.3 is 10.0 Å². The third-order valence-corrected chi connectivity index (χ3v) is 3.81. The van der Waals surface area contributed by atoms with Crippen LogP contribution in [0, 0.1) is 11.7 Å². The van der Waals surface area contributed by atoms with Gasteiger partial charge in [-0.05, 0) is 31.9 Å². The fraction of sp³-hybridized carbons (Fsp3) is 0.467. The molecule has 0 saturated carbocycles. The Bertz CT molecular complexity index is 527. The lowest BCUT2D eigenvalue weighted by Crippen LogP contribution is -2.47. The first-order valence-electron chi connectivity index (χ1n) is 7.08. The Hall–Kier alpha value is -2.11. The zero-order valence-electron chi connectivity index (χ0n) is 12.0. The summed E-state index contributed by atoms with van der Waals surface area (Å²) in [5, 5.41) is 8.97.